The van der Waals surface area contributed by atoms with Crippen LogP contribution in [0.3, 0.4) is 0 Å². The first-order valence-corrected chi connectivity index (χ1v) is 7.43. The normalized spacial score (nSPS) is 11.3. The topological polar surface area (TPSA) is 49.8 Å². The summed E-state index contributed by atoms with van der Waals surface area (Å²) in [4.78, 5) is 13.8. The van der Waals surface area contributed by atoms with E-state index in [1.807, 2.05) is 32.0 Å². The lowest BCUT2D eigenvalue weighted by atomic mass is 10.1. The summed E-state index contributed by atoms with van der Waals surface area (Å²) in [6, 6.07) is 5.91. The van der Waals surface area contributed by atoms with Gasteiger partial charge in [0.25, 0.3) is 0 Å². The molecule has 0 saturated heterocycles. The maximum absolute atomic E-state index is 12.1. The number of benzene rings is 1. The summed E-state index contributed by atoms with van der Waals surface area (Å²) in [5.74, 6) is 0.792. The molecule has 0 unspecified atom stereocenters. The highest BCUT2D eigenvalue weighted by Crippen LogP contribution is 2.16. The van der Waals surface area contributed by atoms with Gasteiger partial charge in [-0.05, 0) is 57.9 Å². The zero-order valence-corrected chi connectivity index (χ0v) is 13.8. The van der Waals surface area contributed by atoms with Crippen molar-refractivity contribution < 1.29 is 14.6 Å². The molecule has 0 bridgehead atoms. The van der Waals surface area contributed by atoms with Crippen LogP contribution in [0.15, 0.2) is 18.2 Å². The monoisotopic (exact) mass is 293 g/mol. The molecule has 21 heavy (non-hydrogen) atoms. The second-order valence-electron chi connectivity index (χ2n) is 6.06. The Kier molecular flexibility index (Phi) is 6.21. The third-order valence-corrected chi connectivity index (χ3v) is 3.38. The first-order chi connectivity index (χ1) is 9.73. The SMILES string of the molecule is CCN(CC(C)(C)O)C(=O)CCOc1ccc(C)c(C)c1. The number of carbonyl (C=O) groups excluding carboxylic acids is 1. The van der Waals surface area contributed by atoms with E-state index in [0.29, 0.717) is 26.1 Å². The smallest absolute Gasteiger partial charge is 0.226 e. The number of likely N-dealkylation sites (N-methyl/N-ethyl adjacent to an activating group) is 1. The zero-order chi connectivity index (χ0) is 16.0. The van der Waals surface area contributed by atoms with E-state index < -0.39 is 5.60 Å². The molecule has 1 N–H and O–H groups in total. The van der Waals surface area contributed by atoms with E-state index in [9.17, 15) is 9.90 Å². The summed E-state index contributed by atoms with van der Waals surface area (Å²) in [7, 11) is 0. The first kappa shape index (κ1) is 17.5. The zero-order valence-electron chi connectivity index (χ0n) is 13.8. The van der Waals surface area contributed by atoms with Gasteiger partial charge in [-0.1, -0.05) is 6.07 Å². The molecule has 0 heterocycles. The Morgan fingerprint density at radius 3 is 2.48 bits per heavy atom. The summed E-state index contributed by atoms with van der Waals surface area (Å²) in [5.41, 5.74) is 1.53. The van der Waals surface area contributed by atoms with Gasteiger partial charge < -0.3 is 14.7 Å². The van der Waals surface area contributed by atoms with Crippen molar-refractivity contribution in [3.05, 3.63) is 29.3 Å². The lowest BCUT2D eigenvalue weighted by Crippen LogP contribution is -2.42. The standard InChI is InChI=1S/C17H27NO3/c1-6-18(12-17(4,5)20)16(19)9-10-21-15-8-7-13(2)14(3)11-15/h7-8,11,20H,6,9-10,12H2,1-5H3. The fourth-order valence-electron chi connectivity index (χ4n) is 2.06. The maximum Gasteiger partial charge on any atom is 0.226 e. The molecule has 0 aliphatic carbocycles. The second kappa shape index (κ2) is 7.46. The molecule has 0 aromatic heterocycles. The van der Waals surface area contributed by atoms with Crippen LogP contribution >= 0.6 is 0 Å². The number of hydrogen-bond donors (Lipinski definition) is 1. The van der Waals surface area contributed by atoms with Crippen molar-refractivity contribution in [2.24, 2.45) is 0 Å². The minimum Gasteiger partial charge on any atom is -0.493 e. The quantitative estimate of drug-likeness (QED) is 0.841. The van der Waals surface area contributed by atoms with E-state index in [2.05, 4.69) is 6.92 Å². The molecular formula is C17H27NO3. The number of aryl methyl sites for hydroxylation is 2. The summed E-state index contributed by atoms with van der Waals surface area (Å²) in [6.45, 7) is 10.7. The molecule has 4 heteroatoms. The maximum atomic E-state index is 12.1. The van der Waals surface area contributed by atoms with Gasteiger partial charge in [-0.25, -0.2) is 0 Å². The average molecular weight is 293 g/mol. The van der Waals surface area contributed by atoms with Crippen molar-refractivity contribution in [2.75, 3.05) is 19.7 Å². The van der Waals surface area contributed by atoms with E-state index in [1.165, 1.54) is 11.1 Å². The molecule has 0 spiro atoms. The Morgan fingerprint density at radius 2 is 1.95 bits per heavy atom. The molecule has 4 nitrogen and oxygen atoms in total. The third kappa shape index (κ3) is 6.17. The summed E-state index contributed by atoms with van der Waals surface area (Å²) < 4.78 is 5.63. The van der Waals surface area contributed by atoms with Crippen molar-refractivity contribution in [1.82, 2.24) is 4.90 Å². The summed E-state index contributed by atoms with van der Waals surface area (Å²) in [6.07, 6.45) is 0.316. The Bertz CT molecular complexity index is 477. The minimum atomic E-state index is -0.874. The molecule has 1 aromatic carbocycles. The van der Waals surface area contributed by atoms with Gasteiger partial charge in [-0.2, -0.15) is 0 Å². The number of carbonyl (C=O) groups is 1. The molecule has 0 saturated carbocycles. The Hall–Kier alpha value is -1.55. The Balaban J connectivity index is 2.46. The van der Waals surface area contributed by atoms with Crippen LogP contribution in [-0.4, -0.2) is 41.2 Å². The van der Waals surface area contributed by atoms with E-state index in [0.717, 1.165) is 5.75 Å². The van der Waals surface area contributed by atoms with Crippen LogP contribution in [0.2, 0.25) is 0 Å². The lowest BCUT2D eigenvalue weighted by Gasteiger charge is -2.28. The van der Waals surface area contributed by atoms with Crippen LogP contribution in [0.1, 0.15) is 38.3 Å². The van der Waals surface area contributed by atoms with Crippen molar-refractivity contribution in [2.45, 2.75) is 46.6 Å². The van der Waals surface area contributed by atoms with Crippen LogP contribution in [-0.2, 0) is 4.79 Å². The number of amides is 1. The Morgan fingerprint density at radius 1 is 1.29 bits per heavy atom. The van der Waals surface area contributed by atoms with Gasteiger partial charge in [0.1, 0.15) is 5.75 Å². The predicted molar refractivity (Wildman–Crippen MR) is 84.6 cm³/mol. The molecular weight excluding hydrogens is 266 g/mol. The van der Waals surface area contributed by atoms with E-state index in [-0.39, 0.29) is 5.91 Å². The van der Waals surface area contributed by atoms with Crippen LogP contribution in [0.25, 0.3) is 0 Å². The van der Waals surface area contributed by atoms with Gasteiger partial charge in [-0.15, -0.1) is 0 Å². The molecule has 0 aliphatic heterocycles. The van der Waals surface area contributed by atoms with Gasteiger partial charge in [-0.3, -0.25) is 4.79 Å². The highest BCUT2D eigenvalue weighted by atomic mass is 16.5. The van der Waals surface area contributed by atoms with Gasteiger partial charge >= 0.3 is 0 Å². The number of hydrogen-bond acceptors (Lipinski definition) is 3. The van der Waals surface area contributed by atoms with Crippen LogP contribution in [0, 0.1) is 13.8 Å². The van der Waals surface area contributed by atoms with Crippen molar-refractivity contribution in [3.63, 3.8) is 0 Å². The minimum absolute atomic E-state index is 0.00320. The third-order valence-electron chi connectivity index (χ3n) is 3.38. The number of aliphatic hydroxyl groups is 1. The Labute approximate surface area is 127 Å². The molecule has 118 valence electrons. The lowest BCUT2D eigenvalue weighted by molar-refractivity contribution is -0.134. The second-order valence-corrected chi connectivity index (χ2v) is 6.06. The van der Waals surface area contributed by atoms with Crippen molar-refractivity contribution >= 4 is 5.91 Å². The van der Waals surface area contributed by atoms with Crippen molar-refractivity contribution in [1.29, 1.82) is 0 Å². The van der Waals surface area contributed by atoms with Gasteiger partial charge in [0.15, 0.2) is 0 Å². The molecule has 0 aliphatic rings. The molecule has 1 amide bonds. The van der Waals surface area contributed by atoms with Crippen molar-refractivity contribution in [3.8, 4) is 5.75 Å². The van der Waals surface area contributed by atoms with Gasteiger partial charge in [0.2, 0.25) is 5.91 Å². The molecule has 0 radical (unpaired) electrons. The largest absolute Gasteiger partial charge is 0.493 e. The summed E-state index contributed by atoms with van der Waals surface area (Å²) >= 11 is 0. The van der Waals surface area contributed by atoms with Crippen LogP contribution < -0.4 is 4.74 Å². The number of ether oxygens (including phenoxy) is 1. The summed E-state index contributed by atoms with van der Waals surface area (Å²) in [5, 5.41) is 9.80. The van der Waals surface area contributed by atoms with Gasteiger partial charge in [0.05, 0.1) is 18.6 Å². The highest BCUT2D eigenvalue weighted by Gasteiger charge is 2.20. The fraction of sp³-hybridized carbons (Fsp3) is 0.588. The highest BCUT2D eigenvalue weighted by molar-refractivity contribution is 5.76. The van der Waals surface area contributed by atoms with E-state index in [1.54, 1.807) is 18.7 Å². The van der Waals surface area contributed by atoms with Crippen LogP contribution in [0.5, 0.6) is 5.75 Å². The fourth-order valence-corrected chi connectivity index (χ4v) is 2.06. The van der Waals surface area contributed by atoms with Gasteiger partial charge in [0, 0.05) is 13.1 Å². The molecule has 0 fully saturated rings. The predicted octanol–water partition coefficient (Wildman–Crippen LogP) is 2.69. The van der Waals surface area contributed by atoms with E-state index in [4.69, 9.17) is 4.74 Å². The number of rotatable bonds is 7. The van der Waals surface area contributed by atoms with E-state index >= 15 is 0 Å². The van der Waals surface area contributed by atoms with Crippen LogP contribution in [0.4, 0.5) is 0 Å². The number of nitrogens with zero attached hydrogens (tertiary/aromatic N) is 1. The molecule has 1 aromatic rings. The molecule has 1 rings (SSSR count). The average Bonchev–Trinajstić information content (AvgIpc) is 2.39. The molecule has 0 atom stereocenters. The first-order valence-electron chi connectivity index (χ1n) is 7.43.